The highest BCUT2D eigenvalue weighted by Crippen LogP contribution is 2.16. The number of nitrogens with two attached hydrogens (primary N) is 1. The first kappa shape index (κ1) is 15.5. The molecular formula is C15H24N2O2. The van der Waals surface area contributed by atoms with Gasteiger partial charge in [0.1, 0.15) is 5.54 Å². The van der Waals surface area contributed by atoms with Crippen molar-refractivity contribution < 1.29 is 9.90 Å². The van der Waals surface area contributed by atoms with Crippen molar-refractivity contribution in [2.45, 2.75) is 38.6 Å². The van der Waals surface area contributed by atoms with E-state index in [1.165, 1.54) is 5.56 Å². The van der Waals surface area contributed by atoms with Crippen LogP contribution in [-0.2, 0) is 11.2 Å². The maximum atomic E-state index is 10.9. The third kappa shape index (κ3) is 4.56. The van der Waals surface area contributed by atoms with E-state index in [1.54, 1.807) is 6.92 Å². The lowest BCUT2D eigenvalue weighted by molar-refractivity contribution is -0.142. The highest BCUT2D eigenvalue weighted by Gasteiger charge is 2.26. The summed E-state index contributed by atoms with van der Waals surface area (Å²) in [5.41, 5.74) is 7.03. The van der Waals surface area contributed by atoms with Gasteiger partial charge >= 0.3 is 5.97 Å². The van der Waals surface area contributed by atoms with Gasteiger partial charge < -0.3 is 15.7 Å². The molecule has 0 fully saturated rings. The molecule has 4 heteroatoms. The normalized spacial score (nSPS) is 13.9. The summed E-state index contributed by atoms with van der Waals surface area (Å²) < 4.78 is 0. The van der Waals surface area contributed by atoms with E-state index in [9.17, 15) is 4.79 Å². The Balaban J connectivity index is 2.46. The van der Waals surface area contributed by atoms with E-state index in [-0.39, 0.29) is 0 Å². The van der Waals surface area contributed by atoms with Crippen molar-refractivity contribution in [2.24, 2.45) is 5.73 Å². The fourth-order valence-corrected chi connectivity index (χ4v) is 1.91. The van der Waals surface area contributed by atoms with Gasteiger partial charge in [0.15, 0.2) is 0 Å². The van der Waals surface area contributed by atoms with Gasteiger partial charge in [-0.25, -0.2) is 0 Å². The summed E-state index contributed by atoms with van der Waals surface area (Å²) in [6.07, 6.45) is 2.26. The lowest BCUT2D eigenvalue weighted by Gasteiger charge is -2.23. The van der Waals surface area contributed by atoms with Crippen molar-refractivity contribution >= 4 is 11.7 Å². The fraction of sp³-hybridized carbons (Fsp3) is 0.533. The minimum absolute atomic E-state index is 0.472. The number of carboxylic acids is 1. The van der Waals surface area contributed by atoms with Gasteiger partial charge in [-0.05, 0) is 43.9 Å². The van der Waals surface area contributed by atoms with Gasteiger partial charge in [0.05, 0.1) is 0 Å². The second-order valence-electron chi connectivity index (χ2n) is 5.27. The van der Waals surface area contributed by atoms with Crippen LogP contribution in [0.4, 0.5) is 5.69 Å². The largest absolute Gasteiger partial charge is 0.480 e. The van der Waals surface area contributed by atoms with Gasteiger partial charge in [-0.1, -0.05) is 19.1 Å². The number of hydrogen-bond acceptors (Lipinski definition) is 3. The summed E-state index contributed by atoms with van der Waals surface area (Å²) in [6.45, 7) is 4.49. The van der Waals surface area contributed by atoms with Gasteiger partial charge in [0.2, 0.25) is 0 Å². The third-order valence-corrected chi connectivity index (χ3v) is 3.46. The first-order valence-electron chi connectivity index (χ1n) is 6.69. The van der Waals surface area contributed by atoms with Crippen molar-refractivity contribution in [1.29, 1.82) is 0 Å². The second kappa shape index (κ2) is 6.57. The first-order chi connectivity index (χ1) is 8.86. The van der Waals surface area contributed by atoms with Crippen LogP contribution in [0, 0.1) is 0 Å². The standard InChI is InChI=1S/C15H24N2O2/c1-4-12-6-8-13(9-7-12)17(3)11-5-10-15(2,16)14(18)19/h6-9H,4-5,10-11,16H2,1-3H3,(H,18,19). The average Bonchev–Trinajstić information content (AvgIpc) is 2.38. The summed E-state index contributed by atoms with van der Waals surface area (Å²) in [7, 11) is 2.01. The smallest absolute Gasteiger partial charge is 0.323 e. The SMILES string of the molecule is CCc1ccc(N(C)CCCC(C)(N)C(=O)O)cc1. The van der Waals surface area contributed by atoms with Crippen LogP contribution in [0.2, 0.25) is 0 Å². The summed E-state index contributed by atoms with van der Waals surface area (Å²) >= 11 is 0. The van der Waals surface area contributed by atoms with Crippen LogP contribution in [0.3, 0.4) is 0 Å². The molecule has 4 nitrogen and oxygen atoms in total. The summed E-state index contributed by atoms with van der Waals surface area (Å²) in [4.78, 5) is 13.0. The van der Waals surface area contributed by atoms with E-state index in [2.05, 4.69) is 36.1 Å². The predicted molar refractivity (Wildman–Crippen MR) is 78.6 cm³/mol. The van der Waals surface area contributed by atoms with Crippen LogP contribution in [-0.4, -0.2) is 30.2 Å². The molecule has 0 spiro atoms. The molecule has 106 valence electrons. The molecule has 1 aromatic rings. The van der Waals surface area contributed by atoms with Gasteiger partial charge in [-0.2, -0.15) is 0 Å². The minimum atomic E-state index is -1.13. The van der Waals surface area contributed by atoms with E-state index >= 15 is 0 Å². The molecule has 0 heterocycles. The Hall–Kier alpha value is -1.55. The van der Waals surface area contributed by atoms with Crippen LogP contribution in [0.1, 0.15) is 32.3 Å². The molecular weight excluding hydrogens is 240 g/mol. The maximum Gasteiger partial charge on any atom is 0.323 e. The van der Waals surface area contributed by atoms with Crippen LogP contribution in [0.5, 0.6) is 0 Å². The summed E-state index contributed by atoms with van der Waals surface area (Å²) in [5.74, 6) is -0.942. The lowest BCUT2D eigenvalue weighted by atomic mass is 9.97. The quantitative estimate of drug-likeness (QED) is 0.793. The van der Waals surface area contributed by atoms with Crippen molar-refractivity contribution in [1.82, 2.24) is 0 Å². The topological polar surface area (TPSA) is 66.6 Å². The number of hydrogen-bond donors (Lipinski definition) is 2. The van der Waals surface area contributed by atoms with E-state index < -0.39 is 11.5 Å². The number of carboxylic acid groups (broad SMARTS) is 1. The molecule has 0 saturated heterocycles. The number of nitrogens with zero attached hydrogens (tertiary/aromatic N) is 1. The van der Waals surface area contributed by atoms with Gasteiger partial charge in [0.25, 0.3) is 0 Å². The number of benzene rings is 1. The molecule has 0 amide bonds. The van der Waals surface area contributed by atoms with Gasteiger partial charge in [-0.15, -0.1) is 0 Å². The zero-order valence-corrected chi connectivity index (χ0v) is 12.0. The molecule has 0 aromatic heterocycles. The Morgan fingerprint density at radius 1 is 1.37 bits per heavy atom. The molecule has 0 saturated carbocycles. The predicted octanol–water partition coefficient (Wildman–Crippen LogP) is 2.27. The highest BCUT2D eigenvalue weighted by atomic mass is 16.4. The Morgan fingerprint density at radius 3 is 2.42 bits per heavy atom. The number of carbonyl (C=O) groups is 1. The van der Waals surface area contributed by atoms with Gasteiger partial charge in [0, 0.05) is 19.3 Å². The fourth-order valence-electron chi connectivity index (χ4n) is 1.91. The number of aliphatic carboxylic acids is 1. The minimum Gasteiger partial charge on any atom is -0.480 e. The number of aryl methyl sites for hydroxylation is 1. The van der Waals surface area contributed by atoms with Crippen molar-refractivity contribution in [3.05, 3.63) is 29.8 Å². The van der Waals surface area contributed by atoms with Gasteiger partial charge in [-0.3, -0.25) is 4.79 Å². The zero-order chi connectivity index (χ0) is 14.5. The Morgan fingerprint density at radius 2 is 1.95 bits per heavy atom. The molecule has 1 atom stereocenters. The number of rotatable bonds is 7. The lowest BCUT2D eigenvalue weighted by Crippen LogP contribution is -2.45. The number of anilines is 1. The molecule has 1 aromatic carbocycles. The average molecular weight is 264 g/mol. The highest BCUT2D eigenvalue weighted by molar-refractivity contribution is 5.77. The second-order valence-corrected chi connectivity index (χ2v) is 5.27. The molecule has 3 N–H and O–H groups in total. The molecule has 1 rings (SSSR count). The first-order valence-corrected chi connectivity index (χ1v) is 6.69. The van der Waals surface area contributed by atoms with E-state index in [1.807, 2.05) is 7.05 Å². The van der Waals surface area contributed by atoms with Crippen LogP contribution >= 0.6 is 0 Å². The third-order valence-electron chi connectivity index (χ3n) is 3.46. The van der Waals surface area contributed by atoms with Crippen molar-refractivity contribution in [3.63, 3.8) is 0 Å². The monoisotopic (exact) mass is 264 g/mol. The summed E-state index contributed by atoms with van der Waals surface area (Å²) in [6, 6.07) is 8.43. The Bertz CT molecular complexity index is 413. The van der Waals surface area contributed by atoms with Crippen molar-refractivity contribution in [2.75, 3.05) is 18.5 Å². The Labute approximate surface area is 115 Å². The molecule has 19 heavy (non-hydrogen) atoms. The molecule has 0 radical (unpaired) electrons. The van der Waals surface area contributed by atoms with Crippen LogP contribution in [0.15, 0.2) is 24.3 Å². The molecule has 0 aliphatic rings. The molecule has 1 unspecified atom stereocenters. The van der Waals surface area contributed by atoms with E-state index in [0.29, 0.717) is 6.42 Å². The van der Waals surface area contributed by atoms with E-state index in [4.69, 9.17) is 10.8 Å². The zero-order valence-electron chi connectivity index (χ0n) is 12.0. The molecule has 0 aliphatic carbocycles. The molecule has 0 bridgehead atoms. The van der Waals surface area contributed by atoms with Crippen molar-refractivity contribution in [3.8, 4) is 0 Å². The Kier molecular flexibility index (Phi) is 5.36. The molecule has 0 aliphatic heterocycles. The summed E-state index contributed by atoms with van der Waals surface area (Å²) in [5, 5.41) is 8.94. The van der Waals surface area contributed by atoms with E-state index in [0.717, 1.165) is 25.1 Å². The van der Waals surface area contributed by atoms with Crippen LogP contribution < -0.4 is 10.6 Å². The van der Waals surface area contributed by atoms with Crippen LogP contribution in [0.25, 0.3) is 0 Å². The maximum absolute atomic E-state index is 10.9.